The molecule has 27 heavy (non-hydrogen) atoms. The van der Waals surface area contributed by atoms with Crippen LogP contribution in [0.25, 0.3) is 11.1 Å². The lowest BCUT2D eigenvalue weighted by Crippen LogP contribution is -2.24. The summed E-state index contributed by atoms with van der Waals surface area (Å²) in [4.78, 5) is 48.0. The van der Waals surface area contributed by atoms with Crippen molar-refractivity contribution in [3.8, 4) is 22.6 Å². The molecule has 0 saturated carbocycles. The minimum absolute atomic E-state index is 0.0513. The van der Waals surface area contributed by atoms with E-state index in [1.54, 1.807) is 0 Å². The predicted molar refractivity (Wildman–Crippen MR) is 90.6 cm³/mol. The topological polar surface area (TPSA) is 195 Å². The maximum Gasteiger partial charge on any atom is 0.342 e. The Kier molecular flexibility index (Phi) is 5.01. The number of methoxy groups -OCH3 is 2. The first-order valence-corrected chi connectivity index (χ1v) is 7.07. The number of ether oxygens (including phenoxy) is 2. The number of aromatic carboxylic acids is 2. The normalized spacial score (nSPS) is 10.3. The average molecular weight is 379 g/mol. The smallest absolute Gasteiger partial charge is 0.342 e. The molecule has 12 heteroatoms. The van der Waals surface area contributed by atoms with Gasteiger partial charge < -0.3 is 30.4 Å². The highest BCUT2D eigenvalue weighted by atomic mass is 16.6. The number of nitrogen functional groups attached to an aromatic ring is 1. The van der Waals surface area contributed by atoms with E-state index >= 15 is 0 Å². The Balaban J connectivity index is 3.24. The molecular weight excluding hydrogens is 366 g/mol. The number of hydrogen-bond donors (Lipinski definition) is 4. The van der Waals surface area contributed by atoms with Gasteiger partial charge in [-0.25, -0.2) is 9.59 Å². The number of H-pyrrole nitrogens is 1. The number of nitrogens with one attached hydrogen (secondary N) is 1. The molecule has 1 heterocycles. The van der Waals surface area contributed by atoms with E-state index in [1.165, 1.54) is 13.2 Å². The van der Waals surface area contributed by atoms with Crippen molar-refractivity contribution in [1.29, 1.82) is 0 Å². The molecule has 0 saturated heterocycles. The highest BCUT2D eigenvalue weighted by Crippen LogP contribution is 2.46. The number of anilines is 1. The number of nitrogens with two attached hydrogens (primary N) is 1. The number of aromatic nitrogens is 1. The largest absolute Gasteiger partial charge is 0.493 e. The Hall–Kier alpha value is -4.09. The van der Waals surface area contributed by atoms with Gasteiger partial charge in [-0.3, -0.25) is 14.9 Å². The van der Waals surface area contributed by atoms with Gasteiger partial charge in [-0.15, -0.1) is 0 Å². The molecule has 0 unspecified atom stereocenters. The summed E-state index contributed by atoms with van der Waals surface area (Å²) in [5, 5.41) is 30.4. The number of carboxylic acids is 2. The monoisotopic (exact) mass is 379 g/mol. The van der Waals surface area contributed by atoms with Gasteiger partial charge in [0.05, 0.1) is 19.1 Å². The molecule has 0 atom stereocenters. The molecule has 1 aromatic heterocycles. The molecule has 0 aliphatic rings. The van der Waals surface area contributed by atoms with E-state index in [0.29, 0.717) is 0 Å². The van der Waals surface area contributed by atoms with Crippen LogP contribution in [0.1, 0.15) is 20.7 Å². The van der Waals surface area contributed by atoms with Gasteiger partial charge >= 0.3 is 11.9 Å². The quantitative estimate of drug-likeness (QED) is 0.414. The third-order valence-corrected chi connectivity index (χ3v) is 3.64. The van der Waals surface area contributed by atoms with E-state index in [2.05, 4.69) is 0 Å². The molecule has 0 aliphatic heterocycles. The van der Waals surface area contributed by atoms with E-state index in [1.807, 2.05) is 4.98 Å². The third kappa shape index (κ3) is 3.10. The van der Waals surface area contributed by atoms with Crippen LogP contribution in [0, 0.1) is 10.1 Å². The molecule has 1 aromatic carbocycles. The van der Waals surface area contributed by atoms with Crippen LogP contribution in [0.15, 0.2) is 16.9 Å². The third-order valence-electron chi connectivity index (χ3n) is 3.64. The van der Waals surface area contributed by atoms with Gasteiger partial charge in [-0.05, 0) is 6.07 Å². The SMILES string of the molecule is COc1ccc([N+](=O)[O-])c(-c2c(C(=O)O)c(N)[nH]c(=O)c2C(=O)O)c1OC. The molecule has 2 aromatic rings. The number of rotatable bonds is 6. The number of aromatic amines is 1. The maximum absolute atomic E-state index is 12.1. The Labute approximate surface area is 149 Å². The predicted octanol–water partition coefficient (Wildman–Crippen LogP) is 0.946. The van der Waals surface area contributed by atoms with Crippen molar-refractivity contribution in [2.24, 2.45) is 0 Å². The molecule has 0 radical (unpaired) electrons. The lowest BCUT2D eigenvalue weighted by atomic mass is 9.93. The fraction of sp³-hybridized carbons (Fsp3) is 0.133. The first-order chi connectivity index (χ1) is 12.6. The molecule has 0 bridgehead atoms. The zero-order valence-corrected chi connectivity index (χ0v) is 13.9. The lowest BCUT2D eigenvalue weighted by Gasteiger charge is -2.17. The summed E-state index contributed by atoms with van der Waals surface area (Å²) in [6.07, 6.45) is 0. The average Bonchev–Trinajstić information content (AvgIpc) is 2.58. The van der Waals surface area contributed by atoms with Crippen molar-refractivity contribution in [2.45, 2.75) is 0 Å². The molecule has 2 rings (SSSR count). The van der Waals surface area contributed by atoms with E-state index in [4.69, 9.17) is 15.2 Å². The zero-order valence-electron chi connectivity index (χ0n) is 13.9. The van der Waals surface area contributed by atoms with Crippen LogP contribution in [-0.4, -0.2) is 46.3 Å². The zero-order chi connectivity index (χ0) is 20.5. The number of hydrogen-bond acceptors (Lipinski definition) is 8. The van der Waals surface area contributed by atoms with Gasteiger partial charge in [0.1, 0.15) is 22.5 Å². The Morgan fingerprint density at radius 2 is 1.70 bits per heavy atom. The molecule has 5 N–H and O–H groups in total. The number of carboxylic acid groups (broad SMARTS) is 2. The summed E-state index contributed by atoms with van der Waals surface area (Å²) in [5.41, 5.74) is 0.401. The Morgan fingerprint density at radius 1 is 1.11 bits per heavy atom. The van der Waals surface area contributed by atoms with Crippen molar-refractivity contribution in [3.63, 3.8) is 0 Å². The highest BCUT2D eigenvalue weighted by Gasteiger charge is 2.34. The minimum Gasteiger partial charge on any atom is -0.493 e. The summed E-state index contributed by atoms with van der Waals surface area (Å²) in [6, 6.07) is 2.14. The summed E-state index contributed by atoms with van der Waals surface area (Å²) in [7, 11) is 2.33. The first kappa shape index (κ1) is 19.2. The van der Waals surface area contributed by atoms with Crippen molar-refractivity contribution >= 4 is 23.4 Å². The van der Waals surface area contributed by atoms with Crippen molar-refractivity contribution in [3.05, 3.63) is 43.7 Å². The van der Waals surface area contributed by atoms with Crippen molar-refractivity contribution < 1.29 is 34.2 Å². The van der Waals surface area contributed by atoms with Gasteiger partial charge in [-0.1, -0.05) is 0 Å². The summed E-state index contributed by atoms with van der Waals surface area (Å²) < 4.78 is 10.1. The summed E-state index contributed by atoms with van der Waals surface area (Å²) in [6.45, 7) is 0. The van der Waals surface area contributed by atoms with Crippen molar-refractivity contribution in [1.82, 2.24) is 4.98 Å². The van der Waals surface area contributed by atoms with Gasteiger partial charge in [0.15, 0.2) is 11.5 Å². The second-order valence-corrected chi connectivity index (χ2v) is 5.06. The van der Waals surface area contributed by atoms with Crippen LogP contribution in [0.2, 0.25) is 0 Å². The van der Waals surface area contributed by atoms with E-state index in [-0.39, 0.29) is 11.5 Å². The standard InChI is InChI=1S/C15H13N3O9/c1-26-6-4-3-5(18(24)25)7(11(6)27-2)8-9(14(20)21)12(16)17-13(19)10(8)15(22)23/h3-4H,1-2H3,(H,20,21)(H,22,23)(H3,16,17,19). The summed E-state index contributed by atoms with van der Waals surface area (Å²) in [5.74, 6) is -4.58. The molecule has 0 amide bonds. The number of nitro groups is 1. The number of carbonyl (C=O) groups is 2. The van der Waals surface area contributed by atoms with Crippen LogP contribution in [-0.2, 0) is 0 Å². The first-order valence-electron chi connectivity index (χ1n) is 7.07. The molecule has 0 fully saturated rings. The molecular formula is C15H13N3O9. The number of nitrogens with zero attached hydrogens (tertiary/aromatic N) is 1. The minimum atomic E-state index is -1.81. The van der Waals surface area contributed by atoms with Gasteiger partial charge in [0, 0.05) is 11.6 Å². The fourth-order valence-electron chi connectivity index (χ4n) is 2.61. The fourth-order valence-corrected chi connectivity index (χ4v) is 2.61. The van der Waals surface area contributed by atoms with Gasteiger partial charge in [0.25, 0.3) is 11.2 Å². The number of nitro benzene ring substituents is 1. The van der Waals surface area contributed by atoms with Crippen LogP contribution >= 0.6 is 0 Å². The number of pyridine rings is 1. The molecule has 0 spiro atoms. The molecule has 12 nitrogen and oxygen atoms in total. The van der Waals surface area contributed by atoms with Crippen LogP contribution in [0.5, 0.6) is 11.5 Å². The van der Waals surface area contributed by atoms with E-state index < -0.39 is 56.2 Å². The summed E-state index contributed by atoms with van der Waals surface area (Å²) >= 11 is 0. The van der Waals surface area contributed by atoms with E-state index in [0.717, 1.165) is 13.2 Å². The maximum atomic E-state index is 12.1. The number of benzene rings is 1. The van der Waals surface area contributed by atoms with Crippen LogP contribution in [0.3, 0.4) is 0 Å². The van der Waals surface area contributed by atoms with Crippen molar-refractivity contribution in [2.75, 3.05) is 20.0 Å². The van der Waals surface area contributed by atoms with Gasteiger partial charge in [0.2, 0.25) is 0 Å². The Morgan fingerprint density at radius 3 is 2.15 bits per heavy atom. The molecule has 0 aliphatic carbocycles. The van der Waals surface area contributed by atoms with Gasteiger partial charge in [-0.2, -0.15) is 0 Å². The second kappa shape index (κ2) is 7.03. The van der Waals surface area contributed by atoms with E-state index in [9.17, 15) is 34.7 Å². The second-order valence-electron chi connectivity index (χ2n) is 5.06. The molecule has 142 valence electrons. The lowest BCUT2D eigenvalue weighted by molar-refractivity contribution is -0.384. The Bertz CT molecular complexity index is 1030. The van der Waals surface area contributed by atoms with Crippen LogP contribution < -0.4 is 20.8 Å². The highest BCUT2D eigenvalue weighted by molar-refractivity contribution is 6.09. The van der Waals surface area contributed by atoms with Crippen LogP contribution in [0.4, 0.5) is 11.5 Å².